The lowest BCUT2D eigenvalue weighted by molar-refractivity contribution is -0.139. The number of thioether (sulfide) groups is 1. The van der Waals surface area contributed by atoms with Crippen LogP contribution in [0.3, 0.4) is 0 Å². The second kappa shape index (κ2) is 7.33. The lowest BCUT2D eigenvalue weighted by Crippen LogP contribution is -2.48. The number of nitrogens with zero attached hydrogens (tertiary/aromatic N) is 2. The summed E-state index contributed by atoms with van der Waals surface area (Å²) in [7, 11) is 0. The maximum absolute atomic E-state index is 12.0. The number of carboxylic acids is 1. The van der Waals surface area contributed by atoms with Crippen LogP contribution in [0.25, 0.3) is 0 Å². The Bertz CT molecular complexity index is 523. The Morgan fingerprint density at radius 2 is 2.29 bits per heavy atom. The Kier molecular flexibility index (Phi) is 5.46. The molecule has 0 bridgehead atoms. The third kappa shape index (κ3) is 4.37. The zero-order chi connectivity index (χ0) is 15.2. The highest BCUT2D eigenvalue weighted by atomic mass is 32.2. The fourth-order valence-corrected chi connectivity index (χ4v) is 2.90. The van der Waals surface area contributed by atoms with E-state index in [1.54, 1.807) is 23.2 Å². The van der Waals surface area contributed by atoms with Crippen LogP contribution >= 0.6 is 11.8 Å². The maximum atomic E-state index is 12.0. The van der Waals surface area contributed by atoms with Gasteiger partial charge in [0.25, 0.3) is 5.24 Å². The molecule has 1 saturated heterocycles. The standard InChI is InChI=1S/C14H18N2O4S/c1-2-15-6-7-21-14(19)16(15)9-11-4-3-5-12(8-11)20-10-13(17)18/h3-5,8H,2,6-7,9-10H2,1H3,(H,17,18). The van der Waals surface area contributed by atoms with Gasteiger partial charge in [-0.25, -0.2) is 9.80 Å². The summed E-state index contributed by atoms with van der Waals surface area (Å²) in [6.07, 6.45) is 0. The van der Waals surface area contributed by atoms with E-state index < -0.39 is 5.97 Å². The minimum atomic E-state index is -1.01. The normalized spacial score (nSPS) is 16.0. The number of rotatable bonds is 6. The molecule has 1 aliphatic rings. The third-order valence-electron chi connectivity index (χ3n) is 3.09. The van der Waals surface area contributed by atoms with Gasteiger partial charge in [-0.1, -0.05) is 30.8 Å². The van der Waals surface area contributed by atoms with Crippen molar-refractivity contribution in [1.82, 2.24) is 10.0 Å². The molecule has 0 aromatic heterocycles. The molecular weight excluding hydrogens is 292 g/mol. The monoisotopic (exact) mass is 310 g/mol. The van der Waals surface area contributed by atoms with Crippen molar-refractivity contribution in [2.75, 3.05) is 25.4 Å². The Hall–Kier alpha value is -1.73. The number of ether oxygens (including phenoxy) is 1. The van der Waals surface area contributed by atoms with Crippen LogP contribution < -0.4 is 4.74 Å². The lowest BCUT2D eigenvalue weighted by atomic mass is 10.2. The van der Waals surface area contributed by atoms with Crippen LogP contribution in [0.2, 0.25) is 0 Å². The quantitative estimate of drug-likeness (QED) is 0.867. The van der Waals surface area contributed by atoms with Crippen molar-refractivity contribution in [3.63, 3.8) is 0 Å². The molecule has 1 heterocycles. The van der Waals surface area contributed by atoms with E-state index in [2.05, 4.69) is 0 Å². The number of hydrogen-bond donors (Lipinski definition) is 1. The van der Waals surface area contributed by atoms with E-state index in [0.29, 0.717) is 12.3 Å². The Balaban J connectivity index is 2.05. The van der Waals surface area contributed by atoms with Gasteiger partial charge in [0.15, 0.2) is 6.61 Å². The second-order valence-electron chi connectivity index (χ2n) is 4.55. The summed E-state index contributed by atoms with van der Waals surface area (Å²) >= 11 is 1.32. The molecule has 0 saturated carbocycles. The molecule has 1 fully saturated rings. The molecule has 1 aromatic carbocycles. The first-order valence-corrected chi connectivity index (χ1v) is 7.71. The summed E-state index contributed by atoms with van der Waals surface area (Å²) in [6.45, 7) is 3.74. The molecule has 7 heteroatoms. The van der Waals surface area contributed by atoms with Crippen LogP contribution in [0.15, 0.2) is 24.3 Å². The fourth-order valence-electron chi connectivity index (χ4n) is 2.09. The van der Waals surface area contributed by atoms with Crippen molar-refractivity contribution >= 4 is 23.0 Å². The molecule has 1 N–H and O–H groups in total. The Morgan fingerprint density at radius 1 is 1.48 bits per heavy atom. The van der Waals surface area contributed by atoms with E-state index in [0.717, 1.165) is 24.4 Å². The molecule has 21 heavy (non-hydrogen) atoms. The lowest BCUT2D eigenvalue weighted by Gasteiger charge is -2.37. The summed E-state index contributed by atoms with van der Waals surface area (Å²) in [5, 5.41) is 12.4. The first kappa shape index (κ1) is 15.7. The van der Waals surface area contributed by atoms with Gasteiger partial charge in [0, 0.05) is 18.8 Å². The Labute approximate surface area is 127 Å². The van der Waals surface area contributed by atoms with Crippen molar-refractivity contribution in [3.05, 3.63) is 29.8 Å². The predicted octanol–water partition coefficient (Wildman–Crippen LogP) is 2.06. The third-order valence-corrected chi connectivity index (χ3v) is 3.93. The van der Waals surface area contributed by atoms with Crippen molar-refractivity contribution in [2.24, 2.45) is 0 Å². The first-order chi connectivity index (χ1) is 10.1. The van der Waals surface area contributed by atoms with Crippen LogP contribution in [0, 0.1) is 0 Å². The molecule has 6 nitrogen and oxygen atoms in total. The topological polar surface area (TPSA) is 70.1 Å². The number of aliphatic carboxylic acids is 1. The number of carboxylic acid groups (broad SMARTS) is 1. The van der Waals surface area contributed by atoms with E-state index in [1.807, 2.05) is 18.0 Å². The SMILES string of the molecule is CCN1CCSC(=O)N1Cc1cccc(OCC(=O)O)c1. The van der Waals surface area contributed by atoms with E-state index in [9.17, 15) is 9.59 Å². The van der Waals surface area contributed by atoms with Gasteiger partial charge in [-0.2, -0.15) is 0 Å². The summed E-state index contributed by atoms with van der Waals surface area (Å²) in [5.74, 6) is 0.292. The molecular formula is C14H18N2O4S. The molecule has 1 aliphatic heterocycles. The Morgan fingerprint density at radius 3 is 3.00 bits per heavy atom. The average Bonchev–Trinajstić information content (AvgIpc) is 2.47. The van der Waals surface area contributed by atoms with Gasteiger partial charge in [0.1, 0.15) is 5.75 Å². The van der Waals surface area contributed by atoms with Gasteiger partial charge in [-0.05, 0) is 17.7 Å². The number of hydrazine groups is 1. The molecule has 0 unspecified atom stereocenters. The summed E-state index contributed by atoms with van der Waals surface area (Å²) in [4.78, 5) is 22.5. The summed E-state index contributed by atoms with van der Waals surface area (Å²) in [5.41, 5.74) is 0.909. The van der Waals surface area contributed by atoms with Crippen LogP contribution in [0.4, 0.5) is 4.79 Å². The van der Waals surface area contributed by atoms with Crippen LogP contribution in [0.1, 0.15) is 12.5 Å². The predicted molar refractivity (Wildman–Crippen MR) is 80.2 cm³/mol. The number of carbonyl (C=O) groups is 2. The molecule has 0 radical (unpaired) electrons. The summed E-state index contributed by atoms with van der Waals surface area (Å²) in [6, 6.07) is 7.17. The van der Waals surface area contributed by atoms with Crippen molar-refractivity contribution in [3.8, 4) is 5.75 Å². The molecule has 1 amide bonds. The minimum absolute atomic E-state index is 0.0416. The largest absolute Gasteiger partial charge is 0.482 e. The van der Waals surface area contributed by atoms with Crippen molar-refractivity contribution in [2.45, 2.75) is 13.5 Å². The molecule has 0 atom stereocenters. The molecule has 0 spiro atoms. The minimum Gasteiger partial charge on any atom is -0.482 e. The van der Waals surface area contributed by atoms with Gasteiger partial charge in [0.2, 0.25) is 0 Å². The van der Waals surface area contributed by atoms with Gasteiger partial charge in [-0.15, -0.1) is 0 Å². The van der Waals surface area contributed by atoms with E-state index in [1.165, 1.54) is 11.8 Å². The van der Waals surface area contributed by atoms with Crippen LogP contribution in [-0.2, 0) is 11.3 Å². The zero-order valence-corrected chi connectivity index (χ0v) is 12.6. The number of benzene rings is 1. The molecule has 1 aromatic rings. The van der Waals surface area contributed by atoms with Crippen LogP contribution in [0.5, 0.6) is 5.75 Å². The highest BCUT2D eigenvalue weighted by molar-refractivity contribution is 8.13. The average molecular weight is 310 g/mol. The van der Waals surface area contributed by atoms with Gasteiger partial charge < -0.3 is 9.84 Å². The fraction of sp³-hybridized carbons (Fsp3) is 0.429. The van der Waals surface area contributed by atoms with E-state index >= 15 is 0 Å². The molecule has 114 valence electrons. The van der Waals surface area contributed by atoms with Crippen LogP contribution in [-0.4, -0.2) is 51.8 Å². The number of amides is 1. The maximum Gasteiger partial charge on any atom is 0.341 e. The highest BCUT2D eigenvalue weighted by Gasteiger charge is 2.25. The molecule has 2 rings (SSSR count). The van der Waals surface area contributed by atoms with Crippen molar-refractivity contribution < 1.29 is 19.4 Å². The molecule has 0 aliphatic carbocycles. The van der Waals surface area contributed by atoms with Gasteiger partial charge in [0.05, 0.1) is 6.54 Å². The number of hydrogen-bond acceptors (Lipinski definition) is 5. The summed E-state index contributed by atoms with van der Waals surface area (Å²) < 4.78 is 5.16. The number of carbonyl (C=O) groups excluding carboxylic acids is 1. The van der Waals surface area contributed by atoms with Crippen molar-refractivity contribution in [1.29, 1.82) is 0 Å². The van der Waals surface area contributed by atoms with E-state index in [-0.39, 0.29) is 11.8 Å². The second-order valence-corrected chi connectivity index (χ2v) is 5.59. The smallest absolute Gasteiger partial charge is 0.341 e. The zero-order valence-electron chi connectivity index (χ0n) is 11.8. The van der Waals surface area contributed by atoms with Gasteiger partial charge >= 0.3 is 5.97 Å². The van der Waals surface area contributed by atoms with Gasteiger partial charge in [-0.3, -0.25) is 9.80 Å². The van der Waals surface area contributed by atoms with E-state index in [4.69, 9.17) is 9.84 Å². The first-order valence-electron chi connectivity index (χ1n) is 6.73. The highest BCUT2D eigenvalue weighted by Crippen LogP contribution is 2.22.